The van der Waals surface area contributed by atoms with Gasteiger partial charge < -0.3 is 14.2 Å². The second kappa shape index (κ2) is 69.3. The first-order chi connectivity index (χ1) is 41.0. The van der Waals surface area contributed by atoms with Crippen LogP contribution >= 0.6 is 0 Å². The molecule has 83 heavy (non-hydrogen) atoms. The van der Waals surface area contributed by atoms with E-state index < -0.39 is 6.10 Å². The van der Waals surface area contributed by atoms with E-state index in [1.54, 1.807) is 0 Å². The molecule has 0 amide bonds. The van der Waals surface area contributed by atoms with Crippen molar-refractivity contribution in [1.29, 1.82) is 0 Å². The maximum Gasteiger partial charge on any atom is 0.306 e. The quantitative estimate of drug-likeness (QED) is 0.0261. The van der Waals surface area contributed by atoms with Crippen molar-refractivity contribution in [3.05, 3.63) is 170 Å². The molecule has 466 valence electrons. The monoisotopic (exact) mass is 1140 g/mol. The molecule has 0 aliphatic rings. The zero-order valence-corrected chi connectivity index (χ0v) is 53.4. The molecule has 0 aromatic rings. The van der Waals surface area contributed by atoms with Gasteiger partial charge in [-0.25, -0.2) is 0 Å². The van der Waals surface area contributed by atoms with Gasteiger partial charge in [0, 0.05) is 19.3 Å². The minimum Gasteiger partial charge on any atom is -0.462 e. The van der Waals surface area contributed by atoms with E-state index in [9.17, 15) is 14.4 Å². The lowest BCUT2D eigenvalue weighted by atomic mass is 10.1. The second-order valence-electron chi connectivity index (χ2n) is 21.6. The molecule has 0 aromatic carbocycles. The predicted octanol–water partition coefficient (Wildman–Crippen LogP) is 23.4. The molecule has 0 fully saturated rings. The minimum absolute atomic E-state index is 0.114. The molecule has 6 heteroatoms. The molecule has 0 spiro atoms. The van der Waals surface area contributed by atoms with Crippen molar-refractivity contribution in [2.24, 2.45) is 0 Å². The number of ether oxygens (including phenoxy) is 3. The van der Waals surface area contributed by atoms with Crippen LogP contribution in [0.2, 0.25) is 0 Å². The summed E-state index contributed by atoms with van der Waals surface area (Å²) >= 11 is 0. The highest BCUT2D eigenvalue weighted by atomic mass is 16.6. The van der Waals surface area contributed by atoms with Gasteiger partial charge in [0.2, 0.25) is 0 Å². The first-order valence-corrected chi connectivity index (χ1v) is 33.6. The SMILES string of the molecule is CC/C=C\C/C=C\C/C=C\C/C=C\C/C=C\C/C=C\CCCCC(=O)OC(COC(=O)CCCCCCC/C=C\C/C=C\C/C=C\C/C=C\C/C=C\CC)COC(=O)CCCCCCCCCC/C=C\C/C=C\C/C=C\CCCCCCC. The van der Waals surface area contributed by atoms with Gasteiger partial charge in [-0.05, 0) is 154 Å². The van der Waals surface area contributed by atoms with Crippen molar-refractivity contribution < 1.29 is 28.6 Å². The van der Waals surface area contributed by atoms with Gasteiger partial charge in [-0.1, -0.05) is 274 Å². The van der Waals surface area contributed by atoms with Crippen LogP contribution in [0.3, 0.4) is 0 Å². The molecule has 0 bridgehead atoms. The fraction of sp³-hybridized carbons (Fsp3) is 0.597. The molecule has 0 rings (SSSR count). The summed E-state index contributed by atoms with van der Waals surface area (Å²) in [5.41, 5.74) is 0. The molecule has 0 aromatic heterocycles. The van der Waals surface area contributed by atoms with Gasteiger partial charge in [-0.3, -0.25) is 14.4 Å². The van der Waals surface area contributed by atoms with Crippen LogP contribution in [0.4, 0.5) is 0 Å². The van der Waals surface area contributed by atoms with Crippen LogP contribution in [0, 0.1) is 0 Å². The van der Waals surface area contributed by atoms with Crippen LogP contribution in [0.5, 0.6) is 0 Å². The van der Waals surface area contributed by atoms with Gasteiger partial charge >= 0.3 is 17.9 Å². The molecule has 1 atom stereocenters. The van der Waals surface area contributed by atoms with E-state index in [4.69, 9.17) is 14.2 Å². The van der Waals surface area contributed by atoms with Gasteiger partial charge in [-0.15, -0.1) is 0 Å². The lowest BCUT2D eigenvalue weighted by Crippen LogP contribution is -2.30. The van der Waals surface area contributed by atoms with Crippen molar-refractivity contribution in [2.45, 2.75) is 284 Å². The second-order valence-corrected chi connectivity index (χ2v) is 21.6. The molecule has 6 nitrogen and oxygen atoms in total. The Kier molecular flexibility index (Phi) is 64.9. The van der Waals surface area contributed by atoms with E-state index in [1.807, 2.05) is 0 Å². The smallest absolute Gasteiger partial charge is 0.306 e. The molecule has 0 heterocycles. The maximum atomic E-state index is 12.9. The third kappa shape index (κ3) is 67.4. The Balaban J connectivity index is 4.55. The summed E-state index contributed by atoms with van der Waals surface area (Å²) in [5, 5.41) is 0. The first-order valence-electron chi connectivity index (χ1n) is 33.6. The van der Waals surface area contributed by atoms with Crippen molar-refractivity contribution in [2.75, 3.05) is 13.2 Å². The summed E-state index contributed by atoms with van der Waals surface area (Å²) in [5.74, 6) is -0.986. The minimum atomic E-state index is -0.825. The zero-order chi connectivity index (χ0) is 59.9. The van der Waals surface area contributed by atoms with Crippen molar-refractivity contribution in [1.82, 2.24) is 0 Å². The standard InChI is InChI=1S/C77H122O6/c1-4-7-10-13-16-19-22-25-28-31-34-37-38-41-43-46-49-52-55-58-61-64-67-70-76(79)82-73-74(83-77(80)71-68-65-62-59-56-53-50-47-44-40-36-33-30-27-24-21-18-15-12-9-6-3)72-81-75(78)69-66-63-60-57-54-51-48-45-42-39-35-32-29-26-23-20-17-14-11-8-5-2/h8-9,11-12,17-18,20-22,25-27,29-31,34-36,38-41,45,47-48,50,56,59,74H,4-7,10,13-16,19,23-24,28,32-33,37,42-44,46,49,51-55,57-58,60-73H2,1-3H3/b11-8-,12-9-,20-17-,21-18-,25-22-,29-26-,30-27-,34-31-,39-35-,40-36-,41-38-,48-45-,50-47-,59-56-. The molecule has 1 unspecified atom stereocenters. The number of allylic oxidation sites excluding steroid dienone is 28. The van der Waals surface area contributed by atoms with Gasteiger partial charge in [0.15, 0.2) is 6.10 Å². The van der Waals surface area contributed by atoms with E-state index in [0.717, 1.165) is 161 Å². The summed E-state index contributed by atoms with van der Waals surface area (Å²) in [7, 11) is 0. The van der Waals surface area contributed by atoms with Gasteiger partial charge in [-0.2, -0.15) is 0 Å². The lowest BCUT2D eigenvalue weighted by Gasteiger charge is -2.18. The Labute approximate surface area is 511 Å². The largest absolute Gasteiger partial charge is 0.462 e. The molecule has 0 aliphatic heterocycles. The molecular weight excluding hydrogens is 1020 g/mol. The van der Waals surface area contributed by atoms with Crippen molar-refractivity contribution in [3.8, 4) is 0 Å². The van der Waals surface area contributed by atoms with Crippen molar-refractivity contribution >= 4 is 17.9 Å². The fourth-order valence-corrected chi connectivity index (χ4v) is 8.71. The van der Waals surface area contributed by atoms with E-state index in [1.165, 1.54) is 70.6 Å². The molecule has 0 radical (unpaired) electrons. The van der Waals surface area contributed by atoms with Crippen LogP contribution in [0.1, 0.15) is 278 Å². The normalized spacial score (nSPS) is 13.2. The highest BCUT2D eigenvalue weighted by Crippen LogP contribution is 2.14. The summed E-state index contributed by atoms with van der Waals surface area (Å²) < 4.78 is 16.9. The molecule has 0 saturated carbocycles. The molecule has 0 saturated heterocycles. The number of hydrogen-bond donors (Lipinski definition) is 0. The predicted molar refractivity (Wildman–Crippen MR) is 361 cm³/mol. The average Bonchev–Trinajstić information content (AvgIpc) is 3.49. The van der Waals surface area contributed by atoms with Crippen LogP contribution in [0.25, 0.3) is 0 Å². The zero-order valence-electron chi connectivity index (χ0n) is 53.4. The van der Waals surface area contributed by atoms with Crippen LogP contribution in [-0.4, -0.2) is 37.2 Å². The van der Waals surface area contributed by atoms with Crippen molar-refractivity contribution in [3.63, 3.8) is 0 Å². The summed E-state index contributed by atoms with van der Waals surface area (Å²) in [4.78, 5) is 38.4. The van der Waals surface area contributed by atoms with Gasteiger partial charge in [0.25, 0.3) is 0 Å². The number of carbonyl (C=O) groups is 3. The molecule has 0 aliphatic carbocycles. The number of carbonyl (C=O) groups excluding carboxylic acids is 3. The van der Waals surface area contributed by atoms with Gasteiger partial charge in [0.1, 0.15) is 13.2 Å². The highest BCUT2D eigenvalue weighted by molar-refractivity contribution is 5.71. The Bertz CT molecular complexity index is 1890. The Hall–Kier alpha value is -5.23. The lowest BCUT2D eigenvalue weighted by molar-refractivity contribution is -0.167. The van der Waals surface area contributed by atoms with Gasteiger partial charge in [0.05, 0.1) is 0 Å². The molecular formula is C77H122O6. The highest BCUT2D eigenvalue weighted by Gasteiger charge is 2.19. The Morgan fingerprint density at radius 1 is 0.253 bits per heavy atom. The summed E-state index contributed by atoms with van der Waals surface area (Å²) in [6.07, 6.45) is 102. The van der Waals surface area contributed by atoms with Crippen LogP contribution < -0.4 is 0 Å². The Morgan fingerprint density at radius 2 is 0.470 bits per heavy atom. The number of esters is 3. The third-order valence-corrected chi connectivity index (χ3v) is 13.7. The van der Waals surface area contributed by atoms with E-state index in [-0.39, 0.29) is 37.5 Å². The van der Waals surface area contributed by atoms with Crippen LogP contribution in [0.15, 0.2) is 170 Å². The van der Waals surface area contributed by atoms with E-state index in [2.05, 4.69) is 191 Å². The first kappa shape index (κ1) is 77.8. The average molecular weight is 1140 g/mol. The summed E-state index contributed by atoms with van der Waals surface area (Å²) in [6.45, 7) is 6.35. The number of hydrogen-bond acceptors (Lipinski definition) is 6. The Morgan fingerprint density at radius 3 is 0.759 bits per heavy atom. The maximum absolute atomic E-state index is 12.9. The third-order valence-electron chi connectivity index (χ3n) is 13.7. The number of rotatable bonds is 59. The van der Waals surface area contributed by atoms with E-state index >= 15 is 0 Å². The number of unbranched alkanes of at least 4 members (excludes halogenated alkanes) is 20. The van der Waals surface area contributed by atoms with E-state index in [0.29, 0.717) is 19.3 Å². The fourth-order valence-electron chi connectivity index (χ4n) is 8.71. The molecule has 0 N–H and O–H groups in total. The topological polar surface area (TPSA) is 78.9 Å². The summed E-state index contributed by atoms with van der Waals surface area (Å²) in [6, 6.07) is 0. The van der Waals surface area contributed by atoms with Crippen LogP contribution in [-0.2, 0) is 28.6 Å².